The fourth-order valence-electron chi connectivity index (χ4n) is 3.81. The Morgan fingerprint density at radius 2 is 2.09 bits per heavy atom. The van der Waals surface area contributed by atoms with Gasteiger partial charge in [-0.3, -0.25) is 4.79 Å². The third kappa shape index (κ3) is 2.74. The number of fused-ring (bicyclic) bond motifs is 2. The van der Waals surface area contributed by atoms with E-state index in [1.54, 1.807) is 11.0 Å². The van der Waals surface area contributed by atoms with Crippen LogP contribution in [0.3, 0.4) is 0 Å². The molecule has 120 valence electrons. The summed E-state index contributed by atoms with van der Waals surface area (Å²) in [7, 11) is 0. The summed E-state index contributed by atoms with van der Waals surface area (Å²) < 4.78 is 1.75. The van der Waals surface area contributed by atoms with Crippen LogP contribution in [0.2, 0.25) is 0 Å². The number of nitrogens with zero attached hydrogens (tertiary/aromatic N) is 4. The highest BCUT2D eigenvalue weighted by atomic mass is 16.2. The fourth-order valence-corrected chi connectivity index (χ4v) is 3.81. The van der Waals surface area contributed by atoms with E-state index >= 15 is 0 Å². The molecule has 6 nitrogen and oxygen atoms in total. The molecule has 1 aromatic carbocycles. The second-order valence-corrected chi connectivity index (χ2v) is 6.34. The molecule has 2 saturated heterocycles. The molecule has 2 aliphatic rings. The Labute approximate surface area is 135 Å². The molecule has 1 N–H and O–H groups in total. The summed E-state index contributed by atoms with van der Waals surface area (Å²) in [6.07, 6.45) is 6.48. The molecular weight excluding hydrogens is 290 g/mol. The molecule has 1 aromatic heterocycles. The van der Waals surface area contributed by atoms with Gasteiger partial charge in [-0.25, -0.2) is 9.67 Å². The van der Waals surface area contributed by atoms with Gasteiger partial charge in [0.2, 0.25) is 0 Å². The predicted octanol–water partition coefficient (Wildman–Crippen LogP) is 1.29. The fraction of sp³-hybridized carbons (Fsp3) is 0.471. The van der Waals surface area contributed by atoms with E-state index in [2.05, 4.69) is 20.3 Å². The highest BCUT2D eigenvalue weighted by Crippen LogP contribution is 2.30. The summed E-state index contributed by atoms with van der Waals surface area (Å²) in [6.45, 7) is 2.49. The topological polar surface area (TPSA) is 63.1 Å². The van der Waals surface area contributed by atoms with Crippen molar-refractivity contribution in [3.63, 3.8) is 0 Å². The van der Waals surface area contributed by atoms with Gasteiger partial charge in [0, 0.05) is 24.2 Å². The lowest BCUT2D eigenvalue weighted by Crippen LogP contribution is -2.42. The highest BCUT2D eigenvalue weighted by Gasteiger charge is 2.38. The minimum absolute atomic E-state index is 0.164. The Balaban J connectivity index is 1.63. The van der Waals surface area contributed by atoms with Crippen molar-refractivity contribution in [1.29, 1.82) is 0 Å². The van der Waals surface area contributed by atoms with Crippen molar-refractivity contribution in [2.24, 2.45) is 0 Å². The molecule has 2 atom stereocenters. The minimum atomic E-state index is 0.164. The average Bonchev–Trinajstić information content (AvgIpc) is 3.14. The van der Waals surface area contributed by atoms with E-state index < -0.39 is 0 Å². The first kappa shape index (κ1) is 14.4. The molecule has 4 rings (SSSR count). The van der Waals surface area contributed by atoms with Crippen molar-refractivity contribution in [1.82, 2.24) is 25.0 Å². The zero-order valence-electron chi connectivity index (χ0n) is 13.1. The van der Waals surface area contributed by atoms with E-state index in [0.717, 1.165) is 43.5 Å². The largest absolute Gasteiger partial charge is 0.331 e. The van der Waals surface area contributed by atoms with Gasteiger partial charge in [0.05, 0.1) is 6.54 Å². The van der Waals surface area contributed by atoms with Crippen LogP contribution in [-0.2, 0) is 6.54 Å². The number of hydrogen-bond donors (Lipinski definition) is 1. The van der Waals surface area contributed by atoms with Crippen molar-refractivity contribution >= 4 is 5.91 Å². The van der Waals surface area contributed by atoms with Crippen LogP contribution in [0.15, 0.2) is 36.9 Å². The molecule has 1 amide bonds. The summed E-state index contributed by atoms with van der Waals surface area (Å²) in [6, 6.07) is 8.56. The van der Waals surface area contributed by atoms with E-state index in [1.807, 2.05) is 24.3 Å². The third-order valence-electron chi connectivity index (χ3n) is 4.94. The van der Waals surface area contributed by atoms with Crippen molar-refractivity contribution < 1.29 is 4.79 Å². The van der Waals surface area contributed by atoms with Crippen LogP contribution in [-0.4, -0.2) is 50.7 Å². The molecule has 2 unspecified atom stereocenters. The standard InChI is InChI=1S/C17H21N5O/c23-17(22-14-5-6-15(22)9-18-8-7-14)16-4-2-1-3-13(16)10-21-12-19-11-20-21/h1-4,11-12,14-15,18H,5-10H2. The molecule has 2 aliphatic heterocycles. The molecule has 0 radical (unpaired) electrons. The maximum absolute atomic E-state index is 13.2. The van der Waals surface area contributed by atoms with Crippen LogP contribution in [0.1, 0.15) is 35.2 Å². The van der Waals surface area contributed by atoms with Crippen molar-refractivity contribution in [3.8, 4) is 0 Å². The van der Waals surface area contributed by atoms with Crippen molar-refractivity contribution in [2.45, 2.75) is 37.9 Å². The average molecular weight is 311 g/mol. The van der Waals surface area contributed by atoms with Crippen LogP contribution < -0.4 is 5.32 Å². The van der Waals surface area contributed by atoms with Gasteiger partial charge in [0.15, 0.2) is 0 Å². The summed E-state index contributed by atoms with van der Waals surface area (Å²) in [5.74, 6) is 0.164. The molecule has 23 heavy (non-hydrogen) atoms. The third-order valence-corrected chi connectivity index (χ3v) is 4.94. The first-order valence-electron chi connectivity index (χ1n) is 8.26. The molecular formula is C17H21N5O. The number of hydrogen-bond acceptors (Lipinski definition) is 4. The SMILES string of the molecule is O=C(c1ccccc1Cn1cncn1)N1C2CCNCC1CC2. The lowest BCUT2D eigenvalue weighted by Gasteiger charge is -2.28. The first-order chi connectivity index (χ1) is 11.3. The van der Waals surface area contributed by atoms with Crippen LogP contribution >= 0.6 is 0 Å². The smallest absolute Gasteiger partial charge is 0.254 e. The molecule has 3 heterocycles. The lowest BCUT2D eigenvalue weighted by atomic mass is 10.0. The molecule has 2 aromatic rings. The Kier molecular flexibility index (Phi) is 3.83. The quantitative estimate of drug-likeness (QED) is 0.928. The number of nitrogens with one attached hydrogen (secondary N) is 1. The maximum Gasteiger partial charge on any atom is 0.254 e. The molecule has 6 heteroatoms. The van der Waals surface area contributed by atoms with E-state index in [9.17, 15) is 4.79 Å². The number of aromatic nitrogens is 3. The number of carbonyl (C=O) groups excluding carboxylic acids is 1. The maximum atomic E-state index is 13.2. The summed E-state index contributed by atoms with van der Waals surface area (Å²) >= 11 is 0. The Morgan fingerprint density at radius 3 is 2.96 bits per heavy atom. The first-order valence-corrected chi connectivity index (χ1v) is 8.26. The number of benzene rings is 1. The summed E-state index contributed by atoms with van der Waals surface area (Å²) in [5, 5.41) is 7.60. The van der Waals surface area contributed by atoms with E-state index in [1.165, 1.54) is 6.33 Å². The number of carbonyl (C=O) groups is 1. The Hall–Kier alpha value is -2.21. The molecule has 0 spiro atoms. The number of amides is 1. The van der Waals surface area contributed by atoms with E-state index in [4.69, 9.17) is 0 Å². The van der Waals surface area contributed by atoms with Crippen LogP contribution in [0.4, 0.5) is 0 Å². The Morgan fingerprint density at radius 1 is 1.22 bits per heavy atom. The summed E-state index contributed by atoms with van der Waals surface area (Å²) in [5.41, 5.74) is 1.79. The second-order valence-electron chi connectivity index (χ2n) is 6.34. The van der Waals surface area contributed by atoms with E-state index in [0.29, 0.717) is 18.6 Å². The van der Waals surface area contributed by atoms with Gasteiger partial charge in [-0.1, -0.05) is 18.2 Å². The van der Waals surface area contributed by atoms with Gasteiger partial charge in [-0.15, -0.1) is 0 Å². The minimum Gasteiger partial charge on any atom is -0.331 e. The van der Waals surface area contributed by atoms with Gasteiger partial charge in [0.25, 0.3) is 5.91 Å². The molecule has 2 bridgehead atoms. The zero-order chi connectivity index (χ0) is 15.6. The summed E-state index contributed by atoms with van der Waals surface area (Å²) in [4.78, 5) is 19.3. The van der Waals surface area contributed by atoms with Crippen LogP contribution in [0, 0.1) is 0 Å². The van der Waals surface area contributed by atoms with E-state index in [-0.39, 0.29) is 5.91 Å². The molecule has 0 aliphatic carbocycles. The number of rotatable bonds is 3. The lowest BCUT2D eigenvalue weighted by molar-refractivity contribution is 0.0679. The Bertz CT molecular complexity index is 670. The monoisotopic (exact) mass is 311 g/mol. The normalized spacial score (nSPS) is 23.7. The van der Waals surface area contributed by atoms with Crippen LogP contribution in [0.25, 0.3) is 0 Å². The predicted molar refractivity (Wildman–Crippen MR) is 86.0 cm³/mol. The van der Waals surface area contributed by atoms with Crippen molar-refractivity contribution in [2.75, 3.05) is 13.1 Å². The van der Waals surface area contributed by atoms with Gasteiger partial charge < -0.3 is 10.2 Å². The van der Waals surface area contributed by atoms with Gasteiger partial charge >= 0.3 is 0 Å². The van der Waals surface area contributed by atoms with Gasteiger partial charge in [0.1, 0.15) is 12.7 Å². The van der Waals surface area contributed by atoms with Crippen molar-refractivity contribution in [3.05, 3.63) is 48.0 Å². The molecule has 2 fully saturated rings. The second kappa shape index (κ2) is 6.12. The van der Waals surface area contributed by atoms with Crippen LogP contribution in [0.5, 0.6) is 0 Å². The van der Waals surface area contributed by atoms with Gasteiger partial charge in [-0.2, -0.15) is 5.10 Å². The van der Waals surface area contributed by atoms with Gasteiger partial charge in [-0.05, 0) is 37.4 Å². The highest BCUT2D eigenvalue weighted by molar-refractivity contribution is 5.96. The zero-order valence-corrected chi connectivity index (χ0v) is 13.1. The molecule has 0 saturated carbocycles.